The third-order valence-corrected chi connectivity index (χ3v) is 4.56. The van der Waals surface area contributed by atoms with E-state index in [1.54, 1.807) is 4.90 Å². The fourth-order valence-corrected chi connectivity index (χ4v) is 3.21. The van der Waals surface area contributed by atoms with E-state index in [1.165, 1.54) is 30.5 Å². The molecule has 2 heterocycles. The zero-order valence-electron chi connectivity index (χ0n) is 14.2. The number of hydrogen-bond donors (Lipinski definition) is 1. The van der Waals surface area contributed by atoms with Crippen LogP contribution in [0.4, 0.5) is 14.6 Å². The van der Waals surface area contributed by atoms with Crippen LogP contribution in [0.3, 0.4) is 0 Å². The minimum atomic E-state index is -2.47. The van der Waals surface area contributed by atoms with Gasteiger partial charge in [0.2, 0.25) is 0 Å². The summed E-state index contributed by atoms with van der Waals surface area (Å²) in [5.41, 5.74) is 0.910. The van der Waals surface area contributed by atoms with E-state index in [2.05, 4.69) is 9.71 Å². The highest BCUT2D eigenvalue weighted by molar-refractivity contribution is 7.80. The summed E-state index contributed by atoms with van der Waals surface area (Å²) in [6, 6.07) is 6.36. The maximum atomic E-state index is 13.3. The van der Waals surface area contributed by atoms with Crippen LogP contribution >= 0.6 is 0 Å². The summed E-state index contributed by atoms with van der Waals surface area (Å²) < 4.78 is 49.8. The van der Waals surface area contributed by atoms with Crippen molar-refractivity contribution in [2.45, 2.75) is 6.54 Å². The van der Waals surface area contributed by atoms with Gasteiger partial charge in [0.25, 0.3) is 5.91 Å². The Morgan fingerprint density at radius 2 is 1.81 bits per heavy atom. The lowest BCUT2D eigenvalue weighted by Gasteiger charge is -2.34. The van der Waals surface area contributed by atoms with Crippen molar-refractivity contribution in [3.63, 3.8) is 0 Å². The fraction of sp³-hybridized carbons (Fsp3) is 0.294. The number of pyridine rings is 1. The Hall–Kier alpha value is -2.43. The monoisotopic (exact) mass is 395 g/mol. The van der Waals surface area contributed by atoms with E-state index in [4.69, 9.17) is 0 Å². The minimum Gasteiger partial charge on any atom is -0.755 e. The number of carbonyl (C=O) groups excluding carboxylic acids is 1. The van der Waals surface area contributed by atoms with Crippen LogP contribution in [-0.4, -0.2) is 55.6 Å². The Bertz CT molecular complexity index is 822. The molecule has 1 amide bonds. The molecule has 0 saturated carbocycles. The van der Waals surface area contributed by atoms with Crippen molar-refractivity contribution in [1.82, 2.24) is 14.8 Å². The number of carbonyl (C=O) groups is 1. The second kappa shape index (κ2) is 8.51. The van der Waals surface area contributed by atoms with Crippen molar-refractivity contribution >= 4 is 23.0 Å². The first-order chi connectivity index (χ1) is 12.9. The Labute approximate surface area is 157 Å². The van der Waals surface area contributed by atoms with Gasteiger partial charge in [-0.25, -0.2) is 13.8 Å². The Morgan fingerprint density at radius 3 is 2.37 bits per heavy atom. The molecule has 1 aliphatic rings. The molecule has 0 bridgehead atoms. The predicted octanol–water partition coefficient (Wildman–Crippen LogP) is 1.52. The van der Waals surface area contributed by atoms with Gasteiger partial charge >= 0.3 is 0 Å². The molecule has 27 heavy (non-hydrogen) atoms. The van der Waals surface area contributed by atoms with Crippen molar-refractivity contribution in [3.05, 3.63) is 59.3 Å². The van der Waals surface area contributed by atoms with Gasteiger partial charge in [0, 0.05) is 56.3 Å². The van der Waals surface area contributed by atoms with E-state index < -0.39 is 22.9 Å². The fourth-order valence-electron chi connectivity index (χ4n) is 2.92. The molecule has 1 fully saturated rings. The van der Waals surface area contributed by atoms with Crippen LogP contribution in [0.25, 0.3) is 0 Å². The highest BCUT2D eigenvalue weighted by Gasteiger charge is 2.22. The van der Waals surface area contributed by atoms with Crippen LogP contribution in [-0.2, 0) is 17.8 Å². The number of anilines is 1. The molecular weight excluding hydrogens is 378 g/mol. The van der Waals surface area contributed by atoms with E-state index in [0.717, 1.165) is 6.07 Å². The Balaban J connectivity index is 1.55. The van der Waals surface area contributed by atoms with Crippen molar-refractivity contribution in [3.8, 4) is 0 Å². The van der Waals surface area contributed by atoms with E-state index in [9.17, 15) is 22.3 Å². The highest BCUT2D eigenvalue weighted by atomic mass is 32.2. The van der Waals surface area contributed by atoms with Crippen LogP contribution in [0.5, 0.6) is 0 Å². The summed E-state index contributed by atoms with van der Waals surface area (Å²) in [4.78, 5) is 20.1. The van der Waals surface area contributed by atoms with Gasteiger partial charge in [-0.05, 0) is 29.8 Å². The summed E-state index contributed by atoms with van der Waals surface area (Å²) >= 11 is -2.47. The lowest BCUT2D eigenvalue weighted by Crippen LogP contribution is -2.48. The molecule has 10 heteroatoms. The van der Waals surface area contributed by atoms with E-state index in [0.29, 0.717) is 43.9 Å². The maximum absolute atomic E-state index is 13.3. The molecule has 2 aromatic rings. The molecule has 0 aliphatic carbocycles. The number of amides is 1. The first-order valence-electron chi connectivity index (χ1n) is 8.19. The van der Waals surface area contributed by atoms with Crippen molar-refractivity contribution in [2.24, 2.45) is 0 Å². The molecule has 1 unspecified atom stereocenters. The average molecular weight is 395 g/mol. The van der Waals surface area contributed by atoms with E-state index >= 15 is 0 Å². The van der Waals surface area contributed by atoms with Gasteiger partial charge in [-0.3, -0.25) is 13.9 Å². The topological polar surface area (TPSA) is 88.6 Å². The summed E-state index contributed by atoms with van der Waals surface area (Å²) in [7, 11) is 0. The van der Waals surface area contributed by atoms with Crippen LogP contribution in [0, 0.1) is 11.6 Å². The number of benzene rings is 1. The van der Waals surface area contributed by atoms with Crippen LogP contribution < -0.4 is 4.72 Å². The first kappa shape index (κ1) is 19.3. The molecule has 7 nitrogen and oxygen atoms in total. The zero-order valence-corrected chi connectivity index (χ0v) is 15.0. The molecule has 1 N–H and O–H groups in total. The Kier molecular flexibility index (Phi) is 6.09. The molecule has 144 valence electrons. The SMILES string of the molecule is O=C(c1ccc(NS(=O)[O-])nc1)N1CCN(Cc2cc(F)cc(F)c2)CC1. The summed E-state index contributed by atoms with van der Waals surface area (Å²) in [5.74, 6) is -1.28. The number of hydrogen-bond acceptors (Lipinski definition) is 5. The first-order valence-corrected chi connectivity index (χ1v) is 9.27. The molecule has 3 rings (SSSR count). The molecule has 0 radical (unpaired) electrons. The molecule has 1 aromatic heterocycles. The zero-order chi connectivity index (χ0) is 19.4. The third-order valence-electron chi connectivity index (χ3n) is 4.19. The molecule has 0 spiro atoms. The van der Waals surface area contributed by atoms with Gasteiger partial charge in [0.1, 0.15) is 17.5 Å². The largest absolute Gasteiger partial charge is 0.755 e. The van der Waals surface area contributed by atoms with E-state index in [1.807, 2.05) is 4.90 Å². The van der Waals surface area contributed by atoms with Gasteiger partial charge < -0.3 is 14.2 Å². The maximum Gasteiger partial charge on any atom is 0.255 e. The van der Waals surface area contributed by atoms with Crippen molar-refractivity contribution in [2.75, 3.05) is 30.9 Å². The lowest BCUT2D eigenvalue weighted by molar-refractivity contribution is 0.0628. The number of nitrogens with one attached hydrogen (secondary N) is 1. The smallest absolute Gasteiger partial charge is 0.255 e. The quantitative estimate of drug-likeness (QED) is 0.776. The molecule has 1 aliphatic heterocycles. The standard InChI is InChI=1S/C17H18F2N4O3S/c18-14-7-12(8-15(19)9-14)11-22-3-5-23(6-4-22)17(24)13-1-2-16(20-10-13)21-27(25)26/h1-2,7-10H,3-6,11H2,(H,20,21)(H,25,26)/p-1. The van der Waals surface area contributed by atoms with Crippen LogP contribution in [0.1, 0.15) is 15.9 Å². The van der Waals surface area contributed by atoms with E-state index in [-0.39, 0.29) is 11.7 Å². The molecule has 1 aromatic carbocycles. The number of rotatable bonds is 5. The number of nitrogens with zero attached hydrogens (tertiary/aromatic N) is 3. The molecular formula is C17H17F2N4O3S-. The van der Waals surface area contributed by atoms with Gasteiger partial charge in [0.15, 0.2) is 0 Å². The summed E-state index contributed by atoms with van der Waals surface area (Å²) in [5, 5.41) is 0. The molecule has 1 saturated heterocycles. The van der Waals surface area contributed by atoms with Crippen LogP contribution in [0.15, 0.2) is 36.5 Å². The summed E-state index contributed by atoms with van der Waals surface area (Å²) in [6.07, 6.45) is 1.32. The minimum absolute atomic E-state index is 0.132. The summed E-state index contributed by atoms with van der Waals surface area (Å²) in [6.45, 7) is 2.51. The second-order valence-corrected chi connectivity index (χ2v) is 6.79. The van der Waals surface area contributed by atoms with Gasteiger partial charge in [-0.15, -0.1) is 0 Å². The normalized spacial score (nSPS) is 16.2. The molecule has 1 atom stereocenters. The lowest BCUT2D eigenvalue weighted by atomic mass is 10.1. The second-order valence-electron chi connectivity index (χ2n) is 6.11. The number of aromatic nitrogens is 1. The van der Waals surface area contributed by atoms with Gasteiger partial charge in [-0.1, -0.05) is 0 Å². The van der Waals surface area contributed by atoms with Crippen LogP contribution in [0.2, 0.25) is 0 Å². The number of halogens is 2. The Morgan fingerprint density at radius 1 is 1.15 bits per heavy atom. The van der Waals surface area contributed by atoms with Gasteiger partial charge in [-0.2, -0.15) is 0 Å². The van der Waals surface area contributed by atoms with Gasteiger partial charge in [0.05, 0.1) is 5.56 Å². The number of piperazine rings is 1. The highest BCUT2D eigenvalue weighted by Crippen LogP contribution is 2.14. The van der Waals surface area contributed by atoms with Crippen molar-refractivity contribution in [1.29, 1.82) is 0 Å². The van der Waals surface area contributed by atoms with Crippen molar-refractivity contribution < 1.29 is 22.3 Å². The average Bonchev–Trinajstić information content (AvgIpc) is 2.61. The predicted molar refractivity (Wildman–Crippen MR) is 94.3 cm³/mol. The third kappa shape index (κ3) is 5.28.